The quantitative estimate of drug-likeness (QED) is 0.127. The Morgan fingerprint density at radius 3 is 1.55 bits per heavy atom. The molecule has 11 aromatic carbocycles. The Hall–Kier alpha value is -6.50. The van der Waals surface area contributed by atoms with Crippen molar-refractivity contribution in [2.24, 2.45) is 0 Å². The van der Waals surface area contributed by atoms with Gasteiger partial charge in [-0.3, -0.25) is 0 Å². The van der Waals surface area contributed by atoms with Crippen LogP contribution in [0.15, 0.2) is 170 Å². The number of hydrogen-bond acceptors (Lipinski definition) is 0. The van der Waals surface area contributed by atoms with Crippen molar-refractivity contribution in [3.05, 3.63) is 181 Å². The molecule has 0 unspecified atom stereocenters. The number of benzene rings is 11. The highest BCUT2D eigenvalue weighted by atomic mass is 14.4. The molecule has 0 bridgehead atoms. The molecule has 0 N–H and O–H groups in total. The van der Waals surface area contributed by atoms with Gasteiger partial charge in [0.05, 0.1) is 0 Å². The second-order valence-electron chi connectivity index (χ2n) is 15.6. The van der Waals surface area contributed by atoms with Gasteiger partial charge in [0.15, 0.2) is 0 Å². The summed E-state index contributed by atoms with van der Waals surface area (Å²) in [7, 11) is 0. The van der Waals surface area contributed by atoms with Crippen molar-refractivity contribution in [1.29, 1.82) is 0 Å². The molecule has 0 spiro atoms. The van der Waals surface area contributed by atoms with Crippen molar-refractivity contribution in [3.63, 3.8) is 0 Å². The van der Waals surface area contributed by atoms with E-state index in [2.05, 4.69) is 184 Å². The molecule has 0 saturated heterocycles. The summed E-state index contributed by atoms with van der Waals surface area (Å²) in [5.41, 5.74) is 10.6. The minimum atomic E-state index is -0.0230. The molecular formula is C53H34. The molecule has 246 valence electrons. The summed E-state index contributed by atoms with van der Waals surface area (Å²) in [6.45, 7) is 4.72. The fourth-order valence-corrected chi connectivity index (χ4v) is 9.99. The van der Waals surface area contributed by atoms with Crippen molar-refractivity contribution in [1.82, 2.24) is 0 Å². The highest BCUT2D eigenvalue weighted by Gasteiger charge is 2.35. The number of rotatable bonds is 2. The minimum absolute atomic E-state index is 0.0230. The zero-order chi connectivity index (χ0) is 35.0. The summed E-state index contributed by atoms with van der Waals surface area (Å²) in [6.07, 6.45) is 0. The topological polar surface area (TPSA) is 0 Å². The highest BCUT2D eigenvalue weighted by molar-refractivity contribution is 6.34. The van der Waals surface area contributed by atoms with Gasteiger partial charge in [0, 0.05) is 5.41 Å². The van der Waals surface area contributed by atoms with E-state index in [9.17, 15) is 0 Å². The third-order valence-electron chi connectivity index (χ3n) is 12.6. The Morgan fingerprint density at radius 2 is 0.792 bits per heavy atom. The van der Waals surface area contributed by atoms with Crippen LogP contribution in [0.5, 0.6) is 0 Å². The van der Waals surface area contributed by atoms with Crippen LogP contribution in [0.4, 0.5) is 0 Å². The van der Waals surface area contributed by atoms with Crippen LogP contribution in [-0.2, 0) is 5.41 Å². The third kappa shape index (κ3) is 3.90. The lowest BCUT2D eigenvalue weighted by molar-refractivity contribution is 0.660. The zero-order valence-corrected chi connectivity index (χ0v) is 29.7. The fourth-order valence-electron chi connectivity index (χ4n) is 9.99. The summed E-state index contributed by atoms with van der Waals surface area (Å²) >= 11 is 0. The molecule has 12 rings (SSSR count). The lowest BCUT2D eigenvalue weighted by Gasteiger charge is -2.22. The van der Waals surface area contributed by atoms with E-state index in [0.29, 0.717) is 0 Å². The second kappa shape index (κ2) is 10.3. The van der Waals surface area contributed by atoms with E-state index in [1.807, 2.05) is 0 Å². The van der Waals surface area contributed by atoms with E-state index < -0.39 is 0 Å². The van der Waals surface area contributed by atoms with E-state index in [-0.39, 0.29) is 5.41 Å². The van der Waals surface area contributed by atoms with E-state index in [1.165, 1.54) is 120 Å². The normalized spacial score (nSPS) is 13.6. The standard InChI is InChI=1S/C53H34/c1-53(2)49-15-4-3-10-40(49)41-25-22-35(30-50(41)53)34-18-16-31-20-24-39-38(47(31)28-34)23-21-32-17-19-36(29-48(32)39)37-26-27-46-44-12-6-9-33-8-5-11-43(51(33)44)45-14-7-13-42(37)52(45)46/h3-30H,1-2H3. The molecule has 0 amide bonds. The molecule has 0 aromatic heterocycles. The lowest BCUT2D eigenvalue weighted by atomic mass is 9.81. The summed E-state index contributed by atoms with van der Waals surface area (Å²) in [6, 6.07) is 64.3. The van der Waals surface area contributed by atoms with E-state index >= 15 is 0 Å². The van der Waals surface area contributed by atoms with Crippen LogP contribution in [0, 0.1) is 0 Å². The van der Waals surface area contributed by atoms with Crippen molar-refractivity contribution in [2.45, 2.75) is 19.3 Å². The first-order valence-corrected chi connectivity index (χ1v) is 18.8. The van der Waals surface area contributed by atoms with Gasteiger partial charge in [0.2, 0.25) is 0 Å². The van der Waals surface area contributed by atoms with E-state index in [0.717, 1.165) is 0 Å². The maximum absolute atomic E-state index is 2.43. The van der Waals surface area contributed by atoms with E-state index in [1.54, 1.807) is 0 Å². The van der Waals surface area contributed by atoms with Crippen LogP contribution in [-0.4, -0.2) is 0 Å². The molecule has 0 saturated carbocycles. The van der Waals surface area contributed by atoms with Crippen LogP contribution < -0.4 is 0 Å². The first-order valence-electron chi connectivity index (χ1n) is 18.8. The highest BCUT2D eigenvalue weighted by Crippen LogP contribution is 2.50. The molecule has 53 heavy (non-hydrogen) atoms. The summed E-state index contributed by atoms with van der Waals surface area (Å²) < 4.78 is 0. The van der Waals surface area contributed by atoms with Gasteiger partial charge in [-0.15, -0.1) is 0 Å². The molecule has 0 atom stereocenters. The van der Waals surface area contributed by atoms with Gasteiger partial charge in [-0.1, -0.05) is 166 Å². The van der Waals surface area contributed by atoms with Crippen molar-refractivity contribution >= 4 is 75.4 Å². The maximum Gasteiger partial charge on any atom is 0.0159 e. The Kier molecular flexibility index (Phi) is 5.66. The Bertz CT molecular complexity index is 3310. The van der Waals surface area contributed by atoms with Crippen LogP contribution in [0.25, 0.3) is 109 Å². The largest absolute Gasteiger partial charge is 0.0619 e. The second-order valence-corrected chi connectivity index (χ2v) is 15.6. The Balaban J connectivity index is 1.03. The molecule has 0 radical (unpaired) electrons. The van der Waals surface area contributed by atoms with Gasteiger partial charge in [0.1, 0.15) is 0 Å². The number of fused-ring (bicyclic) bond motifs is 10. The van der Waals surface area contributed by atoms with Crippen molar-refractivity contribution < 1.29 is 0 Å². The first kappa shape index (κ1) is 29.1. The molecule has 0 fully saturated rings. The fraction of sp³-hybridized carbons (Fsp3) is 0.0566. The minimum Gasteiger partial charge on any atom is -0.0619 e. The predicted octanol–water partition coefficient (Wildman–Crippen LogP) is 14.8. The predicted molar refractivity (Wildman–Crippen MR) is 229 cm³/mol. The van der Waals surface area contributed by atoms with Gasteiger partial charge in [-0.05, 0) is 138 Å². The average Bonchev–Trinajstić information content (AvgIpc) is 3.44. The molecule has 0 aliphatic heterocycles. The molecule has 1 aliphatic rings. The summed E-state index contributed by atoms with van der Waals surface area (Å²) in [5, 5.41) is 18.4. The molecule has 0 heteroatoms. The Morgan fingerprint density at radius 1 is 0.283 bits per heavy atom. The SMILES string of the molecule is CC1(C)c2ccccc2-c2ccc(-c3ccc4ccc5c6cc(-c7ccc8c9cccc%10cccc(c%11cccc7c%118)c%109)ccc6ccc5c4c3)cc21. The van der Waals surface area contributed by atoms with Gasteiger partial charge in [0.25, 0.3) is 0 Å². The molecule has 11 aromatic rings. The third-order valence-corrected chi connectivity index (χ3v) is 12.6. The van der Waals surface area contributed by atoms with Crippen LogP contribution >= 0.6 is 0 Å². The van der Waals surface area contributed by atoms with E-state index in [4.69, 9.17) is 0 Å². The van der Waals surface area contributed by atoms with Crippen molar-refractivity contribution in [3.8, 4) is 33.4 Å². The zero-order valence-electron chi connectivity index (χ0n) is 29.7. The van der Waals surface area contributed by atoms with Crippen LogP contribution in [0.3, 0.4) is 0 Å². The summed E-state index contributed by atoms with van der Waals surface area (Å²) in [4.78, 5) is 0. The number of hydrogen-bond donors (Lipinski definition) is 0. The molecule has 0 heterocycles. The maximum atomic E-state index is 2.43. The van der Waals surface area contributed by atoms with Crippen LogP contribution in [0.2, 0.25) is 0 Å². The Labute approximate surface area is 307 Å². The summed E-state index contributed by atoms with van der Waals surface area (Å²) in [5.74, 6) is 0. The van der Waals surface area contributed by atoms with Crippen LogP contribution in [0.1, 0.15) is 25.0 Å². The van der Waals surface area contributed by atoms with Gasteiger partial charge < -0.3 is 0 Å². The first-order chi connectivity index (χ1) is 26.0. The smallest absolute Gasteiger partial charge is 0.0159 e. The van der Waals surface area contributed by atoms with Gasteiger partial charge in [-0.2, -0.15) is 0 Å². The van der Waals surface area contributed by atoms with Crippen molar-refractivity contribution in [2.75, 3.05) is 0 Å². The molecule has 1 aliphatic carbocycles. The van der Waals surface area contributed by atoms with Gasteiger partial charge >= 0.3 is 0 Å². The van der Waals surface area contributed by atoms with Gasteiger partial charge in [-0.25, -0.2) is 0 Å². The average molecular weight is 671 g/mol. The molecular weight excluding hydrogens is 637 g/mol. The molecule has 0 nitrogen and oxygen atoms in total. The lowest BCUT2D eigenvalue weighted by Crippen LogP contribution is -2.14. The monoisotopic (exact) mass is 670 g/mol.